The fraction of sp³-hybridized carbons (Fsp3) is 0.350. The first-order valence-electron chi connectivity index (χ1n) is 8.43. The molecule has 1 amide bonds. The van der Waals surface area contributed by atoms with Crippen LogP contribution < -0.4 is 14.8 Å². The van der Waals surface area contributed by atoms with Crippen LogP contribution in [0.2, 0.25) is 0 Å². The van der Waals surface area contributed by atoms with Crippen LogP contribution in [-0.2, 0) is 4.79 Å². The van der Waals surface area contributed by atoms with Gasteiger partial charge in [-0.15, -0.1) is 0 Å². The third kappa shape index (κ3) is 5.21. The van der Waals surface area contributed by atoms with Crippen molar-refractivity contribution in [3.8, 4) is 11.5 Å². The van der Waals surface area contributed by atoms with E-state index in [1.165, 1.54) is 24.3 Å². The zero-order valence-electron chi connectivity index (χ0n) is 14.8. The van der Waals surface area contributed by atoms with Crippen LogP contribution in [0.15, 0.2) is 48.5 Å². The van der Waals surface area contributed by atoms with Crippen LogP contribution in [0.1, 0.15) is 38.3 Å². The number of hydrogen-bond donors (Lipinski definition) is 1. The molecule has 134 valence electrons. The van der Waals surface area contributed by atoms with E-state index in [0.717, 1.165) is 17.7 Å². The maximum atomic E-state index is 13.0. The summed E-state index contributed by atoms with van der Waals surface area (Å²) in [6, 6.07) is 13.2. The molecule has 1 N–H and O–H groups in total. The van der Waals surface area contributed by atoms with Crippen LogP contribution in [0.5, 0.6) is 11.5 Å². The molecule has 0 aliphatic heterocycles. The van der Waals surface area contributed by atoms with Gasteiger partial charge in [0.15, 0.2) is 6.10 Å². The van der Waals surface area contributed by atoms with E-state index in [1.54, 1.807) is 7.11 Å². The summed E-state index contributed by atoms with van der Waals surface area (Å²) in [7, 11) is 1.62. The Bertz CT molecular complexity index is 670. The number of carbonyl (C=O) groups excluding carboxylic acids is 1. The summed E-state index contributed by atoms with van der Waals surface area (Å²) in [6.45, 7) is 3.89. The summed E-state index contributed by atoms with van der Waals surface area (Å²) in [5.41, 5.74) is 1.01. The fourth-order valence-electron chi connectivity index (χ4n) is 2.52. The zero-order valence-corrected chi connectivity index (χ0v) is 14.8. The Balaban J connectivity index is 2.03. The minimum atomic E-state index is -0.627. The summed E-state index contributed by atoms with van der Waals surface area (Å²) in [5.74, 6) is 0.724. The summed E-state index contributed by atoms with van der Waals surface area (Å²) in [4.78, 5) is 12.6. The first-order valence-corrected chi connectivity index (χ1v) is 8.43. The standard InChI is InChI=1S/C20H24FNO3/c1-4-18(14-6-10-16(24-3)11-7-14)22-20(23)19(5-2)25-17-12-8-15(21)9-13-17/h6-13,18-19H,4-5H2,1-3H3,(H,22,23)/t18-,19+/m0/s1. The van der Waals surface area contributed by atoms with Gasteiger partial charge >= 0.3 is 0 Å². The van der Waals surface area contributed by atoms with Crippen molar-refractivity contribution >= 4 is 5.91 Å². The van der Waals surface area contributed by atoms with Crippen molar-refractivity contribution in [3.05, 3.63) is 59.9 Å². The van der Waals surface area contributed by atoms with Gasteiger partial charge in [-0.05, 0) is 54.8 Å². The molecule has 2 aromatic rings. The molecule has 2 aromatic carbocycles. The molecule has 0 unspecified atom stereocenters. The van der Waals surface area contributed by atoms with E-state index in [0.29, 0.717) is 12.2 Å². The molecule has 0 fully saturated rings. The number of hydrogen-bond acceptors (Lipinski definition) is 3. The number of amides is 1. The average Bonchev–Trinajstić information content (AvgIpc) is 2.65. The van der Waals surface area contributed by atoms with Crippen LogP contribution in [0.4, 0.5) is 4.39 Å². The van der Waals surface area contributed by atoms with Crippen LogP contribution in [0, 0.1) is 5.82 Å². The molecule has 0 saturated carbocycles. The van der Waals surface area contributed by atoms with E-state index >= 15 is 0 Å². The van der Waals surface area contributed by atoms with E-state index in [1.807, 2.05) is 38.1 Å². The van der Waals surface area contributed by atoms with Gasteiger partial charge in [-0.25, -0.2) is 4.39 Å². The molecule has 2 atom stereocenters. The van der Waals surface area contributed by atoms with E-state index < -0.39 is 6.10 Å². The summed E-state index contributed by atoms with van der Waals surface area (Å²) in [5, 5.41) is 3.02. The van der Waals surface area contributed by atoms with Crippen molar-refractivity contribution in [3.63, 3.8) is 0 Å². The number of benzene rings is 2. The second kappa shape index (κ2) is 9.06. The van der Waals surface area contributed by atoms with Crippen LogP contribution in [-0.4, -0.2) is 19.1 Å². The summed E-state index contributed by atoms with van der Waals surface area (Å²) >= 11 is 0. The van der Waals surface area contributed by atoms with Gasteiger partial charge in [-0.3, -0.25) is 4.79 Å². The van der Waals surface area contributed by atoms with Crippen molar-refractivity contribution < 1.29 is 18.7 Å². The smallest absolute Gasteiger partial charge is 0.261 e. The highest BCUT2D eigenvalue weighted by molar-refractivity contribution is 5.81. The largest absolute Gasteiger partial charge is 0.497 e. The molecule has 0 radical (unpaired) electrons. The Hall–Kier alpha value is -2.56. The lowest BCUT2D eigenvalue weighted by atomic mass is 10.0. The van der Waals surface area contributed by atoms with Crippen LogP contribution in [0.3, 0.4) is 0 Å². The van der Waals surface area contributed by atoms with Crippen molar-refractivity contribution in [2.45, 2.75) is 38.8 Å². The lowest BCUT2D eigenvalue weighted by Gasteiger charge is -2.22. The van der Waals surface area contributed by atoms with Gasteiger partial charge in [0.25, 0.3) is 5.91 Å². The highest BCUT2D eigenvalue weighted by Gasteiger charge is 2.22. The Morgan fingerprint density at radius 3 is 2.12 bits per heavy atom. The number of nitrogens with one attached hydrogen (secondary N) is 1. The molecule has 5 heteroatoms. The number of methoxy groups -OCH3 is 1. The molecular formula is C20H24FNO3. The number of ether oxygens (including phenoxy) is 2. The van der Waals surface area contributed by atoms with Gasteiger partial charge in [0.1, 0.15) is 17.3 Å². The average molecular weight is 345 g/mol. The molecule has 2 rings (SSSR count). The Labute approximate surface area is 148 Å². The Kier molecular flexibility index (Phi) is 6.81. The predicted octanol–water partition coefficient (Wildman–Crippen LogP) is 4.26. The van der Waals surface area contributed by atoms with Crippen molar-refractivity contribution in [1.82, 2.24) is 5.32 Å². The second-order valence-electron chi connectivity index (χ2n) is 5.71. The molecule has 4 nitrogen and oxygen atoms in total. The monoisotopic (exact) mass is 345 g/mol. The first kappa shape index (κ1) is 18.8. The van der Waals surface area contributed by atoms with Gasteiger partial charge in [-0.1, -0.05) is 26.0 Å². The maximum absolute atomic E-state index is 13.0. The van der Waals surface area contributed by atoms with Crippen LogP contribution >= 0.6 is 0 Å². The third-order valence-electron chi connectivity index (χ3n) is 4.00. The summed E-state index contributed by atoms with van der Waals surface area (Å²) in [6.07, 6.45) is 0.644. The first-order chi connectivity index (χ1) is 12.1. The van der Waals surface area contributed by atoms with E-state index in [4.69, 9.17) is 9.47 Å². The van der Waals surface area contributed by atoms with Crippen molar-refractivity contribution in [2.24, 2.45) is 0 Å². The molecular weight excluding hydrogens is 321 g/mol. The quantitative estimate of drug-likeness (QED) is 0.778. The minimum absolute atomic E-state index is 0.107. The highest BCUT2D eigenvalue weighted by atomic mass is 19.1. The molecule has 0 spiro atoms. The normalized spacial score (nSPS) is 13.0. The van der Waals surface area contributed by atoms with E-state index in [9.17, 15) is 9.18 Å². The van der Waals surface area contributed by atoms with Crippen molar-refractivity contribution in [2.75, 3.05) is 7.11 Å². The Morgan fingerprint density at radius 1 is 1.00 bits per heavy atom. The van der Waals surface area contributed by atoms with Gasteiger partial charge in [0.05, 0.1) is 13.2 Å². The molecule has 25 heavy (non-hydrogen) atoms. The number of rotatable bonds is 8. The predicted molar refractivity (Wildman–Crippen MR) is 95.3 cm³/mol. The summed E-state index contributed by atoms with van der Waals surface area (Å²) < 4.78 is 23.8. The maximum Gasteiger partial charge on any atom is 0.261 e. The van der Waals surface area contributed by atoms with E-state index in [-0.39, 0.29) is 17.8 Å². The van der Waals surface area contributed by atoms with Gasteiger partial charge in [-0.2, -0.15) is 0 Å². The molecule has 0 heterocycles. The molecule has 0 bridgehead atoms. The van der Waals surface area contributed by atoms with Gasteiger partial charge < -0.3 is 14.8 Å². The molecule has 0 aliphatic rings. The molecule has 0 aliphatic carbocycles. The SMILES string of the molecule is CC[C@H](NC(=O)[C@@H](CC)Oc1ccc(F)cc1)c1ccc(OC)cc1. The second-order valence-corrected chi connectivity index (χ2v) is 5.71. The van der Waals surface area contributed by atoms with Crippen LogP contribution in [0.25, 0.3) is 0 Å². The lowest BCUT2D eigenvalue weighted by Crippen LogP contribution is -2.39. The van der Waals surface area contributed by atoms with Gasteiger partial charge in [0.2, 0.25) is 0 Å². The lowest BCUT2D eigenvalue weighted by molar-refractivity contribution is -0.128. The van der Waals surface area contributed by atoms with Crippen molar-refractivity contribution in [1.29, 1.82) is 0 Å². The topological polar surface area (TPSA) is 47.6 Å². The number of carbonyl (C=O) groups is 1. The fourth-order valence-corrected chi connectivity index (χ4v) is 2.52. The highest BCUT2D eigenvalue weighted by Crippen LogP contribution is 2.21. The van der Waals surface area contributed by atoms with Gasteiger partial charge in [0, 0.05) is 0 Å². The minimum Gasteiger partial charge on any atom is -0.497 e. The van der Waals surface area contributed by atoms with E-state index in [2.05, 4.69) is 5.32 Å². The molecule has 0 saturated heterocycles. The zero-order chi connectivity index (χ0) is 18.2. The Morgan fingerprint density at radius 2 is 1.60 bits per heavy atom. The molecule has 0 aromatic heterocycles. The third-order valence-corrected chi connectivity index (χ3v) is 4.00. The number of halogens is 1.